The summed E-state index contributed by atoms with van der Waals surface area (Å²) >= 11 is 0. The first-order valence-corrected chi connectivity index (χ1v) is 7.79. The smallest absolute Gasteiger partial charge is 0.160 e. The summed E-state index contributed by atoms with van der Waals surface area (Å²) in [6, 6.07) is 6.04. The molecule has 1 aliphatic rings. The molecule has 6 nitrogen and oxygen atoms in total. The molecule has 0 spiro atoms. The number of fused-ring (bicyclic) bond motifs is 1. The van der Waals surface area contributed by atoms with Gasteiger partial charge in [0.25, 0.3) is 0 Å². The Labute approximate surface area is 129 Å². The van der Waals surface area contributed by atoms with Crippen molar-refractivity contribution in [2.75, 3.05) is 13.1 Å². The van der Waals surface area contributed by atoms with Gasteiger partial charge in [-0.25, -0.2) is 4.98 Å². The van der Waals surface area contributed by atoms with E-state index < -0.39 is 0 Å². The minimum Gasteiger partial charge on any atom is -0.337 e. The Morgan fingerprint density at radius 2 is 2.18 bits per heavy atom. The van der Waals surface area contributed by atoms with Crippen LogP contribution in [0.2, 0.25) is 0 Å². The van der Waals surface area contributed by atoms with E-state index in [-0.39, 0.29) is 0 Å². The third kappa shape index (κ3) is 2.39. The number of hydrogen-bond acceptors (Lipinski definition) is 4. The Kier molecular flexibility index (Phi) is 3.38. The standard InChI is InChI=1S/C16H20N6/c1-20-10-7-17-15(20)12-21-8-4-5-13(11-21)16-19-18-14-6-2-3-9-22(14)16/h2-3,6-7,9-10,13H,4-5,8,11-12H2,1H3. The number of aromatic nitrogens is 5. The van der Waals surface area contributed by atoms with Crippen LogP contribution in [0.25, 0.3) is 5.65 Å². The van der Waals surface area contributed by atoms with Crippen LogP contribution in [-0.2, 0) is 13.6 Å². The van der Waals surface area contributed by atoms with Crippen molar-refractivity contribution in [3.63, 3.8) is 0 Å². The van der Waals surface area contributed by atoms with Gasteiger partial charge < -0.3 is 4.57 Å². The van der Waals surface area contributed by atoms with Crippen LogP contribution in [0.5, 0.6) is 0 Å². The molecule has 1 atom stereocenters. The lowest BCUT2D eigenvalue weighted by molar-refractivity contribution is 0.190. The van der Waals surface area contributed by atoms with E-state index in [0.717, 1.165) is 36.9 Å². The van der Waals surface area contributed by atoms with Crippen molar-refractivity contribution in [3.8, 4) is 0 Å². The number of likely N-dealkylation sites (tertiary alicyclic amines) is 1. The minimum absolute atomic E-state index is 0.436. The molecule has 0 aromatic carbocycles. The van der Waals surface area contributed by atoms with E-state index in [1.54, 1.807) is 0 Å². The molecule has 22 heavy (non-hydrogen) atoms. The highest BCUT2D eigenvalue weighted by atomic mass is 15.3. The fraction of sp³-hybridized carbons (Fsp3) is 0.438. The zero-order chi connectivity index (χ0) is 14.9. The molecule has 4 rings (SSSR count). The Hall–Kier alpha value is -2.21. The van der Waals surface area contributed by atoms with Crippen molar-refractivity contribution >= 4 is 5.65 Å². The van der Waals surface area contributed by atoms with Gasteiger partial charge in [-0.05, 0) is 31.5 Å². The van der Waals surface area contributed by atoms with E-state index in [1.807, 2.05) is 30.6 Å². The summed E-state index contributed by atoms with van der Waals surface area (Å²) < 4.78 is 4.21. The predicted octanol–water partition coefficient (Wildman–Crippen LogP) is 1.84. The lowest BCUT2D eigenvalue weighted by Crippen LogP contribution is -2.35. The Bertz CT molecular complexity index is 774. The van der Waals surface area contributed by atoms with Crippen LogP contribution in [-0.4, -0.2) is 42.1 Å². The van der Waals surface area contributed by atoms with Crippen molar-refractivity contribution in [2.24, 2.45) is 7.05 Å². The average Bonchev–Trinajstić information content (AvgIpc) is 3.14. The van der Waals surface area contributed by atoms with Gasteiger partial charge in [-0.1, -0.05) is 6.07 Å². The Morgan fingerprint density at radius 1 is 1.23 bits per heavy atom. The zero-order valence-electron chi connectivity index (χ0n) is 12.8. The Balaban J connectivity index is 1.54. The van der Waals surface area contributed by atoms with E-state index in [1.165, 1.54) is 12.8 Å². The fourth-order valence-electron chi connectivity index (χ4n) is 3.30. The number of rotatable bonds is 3. The molecule has 1 aliphatic heterocycles. The molecule has 0 aliphatic carbocycles. The van der Waals surface area contributed by atoms with E-state index in [2.05, 4.69) is 42.3 Å². The van der Waals surface area contributed by atoms with Crippen LogP contribution >= 0.6 is 0 Å². The molecule has 1 fully saturated rings. The molecule has 1 saturated heterocycles. The second-order valence-electron chi connectivity index (χ2n) is 6.02. The zero-order valence-corrected chi connectivity index (χ0v) is 12.8. The third-order valence-electron chi connectivity index (χ3n) is 4.50. The van der Waals surface area contributed by atoms with Gasteiger partial charge in [-0.2, -0.15) is 0 Å². The summed E-state index contributed by atoms with van der Waals surface area (Å²) in [4.78, 5) is 6.91. The van der Waals surface area contributed by atoms with Crippen LogP contribution in [0.1, 0.15) is 30.4 Å². The van der Waals surface area contributed by atoms with Crippen LogP contribution in [0.15, 0.2) is 36.8 Å². The molecule has 1 unspecified atom stereocenters. The van der Waals surface area contributed by atoms with Gasteiger partial charge in [0, 0.05) is 38.1 Å². The summed E-state index contributed by atoms with van der Waals surface area (Å²) in [5.74, 6) is 2.64. The topological polar surface area (TPSA) is 51.2 Å². The van der Waals surface area contributed by atoms with Gasteiger partial charge >= 0.3 is 0 Å². The molecule has 0 amide bonds. The van der Waals surface area contributed by atoms with E-state index in [0.29, 0.717) is 5.92 Å². The number of hydrogen-bond donors (Lipinski definition) is 0. The summed E-state index contributed by atoms with van der Waals surface area (Å²) in [7, 11) is 2.05. The first-order chi connectivity index (χ1) is 10.8. The maximum absolute atomic E-state index is 4.44. The lowest BCUT2D eigenvalue weighted by Gasteiger charge is -2.31. The highest BCUT2D eigenvalue weighted by molar-refractivity contribution is 5.37. The normalized spacial score (nSPS) is 19.8. The van der Waals surface area contributed by atoms with Crippen LogP contribution in [0.3, 0.4) is 0 Å². The summed E-state index contributed by atoms with van der Waals surface area (Å²) in [6.45, 7) is 3.04. The average molecular weight is 296 g/mol. The van der Waals surface area contributed by atoms with E-state index >= 15 is 0 Å². The van der Waals surface area contributed by atoms with Crippen molar-refractivity contribution < 1.29 is 0 Å². The maximum atomic E-state index is 4.44. The van der Waals surface area contributed by atoms with Gasteiger partial charge in [0.15, 0.2) is 5.65 Å². The highest BCUT2D eigenvalue weighted by Gasteiger charge is 2.25. The highest BCUT2D eigenvalue weighted by Crippen LogP contribution is 2.26. The van der Waals surface area contributed by atoms with Gasteiger partial charge in [-0.3, -0.25) is 9.30 Å². The molecule has 0 saturated carbocycles. The minimum atomic E-state index is 0.436. The molecule has 0 bridgehead atoms. The maximum Gasteiger partial charge on any atom is 0.160 e. The molecule has 4 heterocycles. The third-order valence-corrected chi connectivity index (χ3v) is 4.50. The summed E-state index contributed by atoms with van der Waals surface area (Å²) in [5, 5.41) is 8.72. The predicted molar refractivity (Wildman–Crippen MR) is 83.4 cm³/mol. The monoisotopic (exact) mass is 296 g/mol. The van der Waals surface area contributed by atoms with Gasteiger partial charge in [0.05, 0.1) is 6.54 Å². The Morgan fingerprint density at radius 3 is 3.05 bits per heavy atom. The summed E-state index contributed by atoms with van der Waals surface area (Å²) in [5.41, 5.74) is 0.929. The largest absolute Gasteiger partial charge is 0.337 e. The van der Waals surface area contributed by atoms with Crippen LogP contribution < -0.4 is 0 Å². The number of pyridine rings is 1. The molecular weight excluding hydrogens is 276 g/mol. The molecular formula is C16H20N6. The number of imidazole rings is 1. The summed E-state index contributed by atoms with van der Waals surface area (Å²) in [6.07, 6.45) is 8.29. The molecule has 6 heteroatoms. The van der Waals surface area contributed by atoms with E-state index in [4.69, 9.17) is 0 Å². The van der Waals surface area contributed by atoms with Gasteiger partial charge in [-0.15, -0.1) is 10.2 Å². The fourth-order valence-corrected chi connectivity index (χ4v) is 3.30. The van der Waals surface area contributed by atoms with Gasteiger partial charge in [0.2, 0.25) is 0 Å². The van der Waals surface area contributed by atoms with E-state index in [9.17, 15) is 0 Å². The molecule has 114 valence electrons. The van der Waals surface area contributed by atoms with Crippen molar-refractivity contribution in [1.82, 2.24) is 29.0 Å². The SMILES string of the molecule is Cn1ccnc1CN1CCCC(c2nnc3ccccn23)C1. The second kappa shape index (κ2) is 5.53. The molecule has 3 aromatic heterocycles. The number of nitrogens with zero attached hydrogens (tertiary/aromatic N) is 6. The van der Waals surface area contributed by atoms with Gasteiger partial charge in [0.1, 0.15) is 11.6 Å². The van der Waals surface area contributed by atoms with Crippen LogP contribution in [0, 0.1) is 0 Å². The molecule has 0 radical (unpaired) electrons. The van der Waals surface area contributed by atoms with Crippen LogP contribution in [0.4, 0.5) is 0 Å². The van der Waals surface area contributed by atoms with Crippen molar-refractivity contribution in [2.45, 2.75) is 25.3 Å². The first kappa shape index (κ1) is 13.5. The van der Waals surface area contributed by atoms with Crippen molar-refractivity contribution in [3.05, 3.63) is 48.4 Å². The first-order valence-electron chi connectivity index (χ1n) is 7.79. The quantitative estimate of drug-likeness (QED) is 0.740. The van der Waals surface area contributed by atoms with Crippen molar-refractivity contribution in [1.29, 1.82) is 0 Å². The molecule has 0 N–H and O–H groups in total. The number of aryl methyl sites for hydroxylation is 1. The number of piperidine rings is 1. The molecule has 3 aromatic rings. The second-order valence-corrected chi connectivity index (χ2v) is 6.02. The lowest BCUT2D eigenvalue weighted by atomic mass is 9.97.